The van der Waals surface area contributed by atoms with E-state index in [0.717, 1.165) is 57.8 Å². The Balaban J connectivity index is 0.00000243. The van der Waals surface area contributed by atoms with Crippen LogP contribution in [-0.4, -0.2) is 75.5 Å². The van der Waals surface area contributed by atoms with Crippen LogP contribution in [0.15, 0.2) is 4.99 Å². The third-order valence-corrected chi connectivity index (χ3v) is 5.71. The fourth-order valence-electron chi connectivity index (χ4n) is 4.27. The summed E-state index contributed by atoms with van der Waals surface area (Å²) in [7, 11) is 1.85. The Labute approximate surface area is 175 Å². The van der Waals surface area contributed by atoms with Gasteiger partial charge in [-0.1, -0.05) is 12.8 Å². The van der Waals surface area contributed by atoms with Gasteiger partial charge in [-0.25, -0.2) is 0 Å². The molecule has 0 bridgehead atoms. The first kappa shape index (κ1) is 22.2. The average Bonchev–Trinajstić information content (AvgIpc) is 3.39. The van der Waals surface area contributed by atoms with Crippen LogP contribution in [0.3, 0.4) is 0 Å². The van der Waals surface area contributed by atoms with Crippen LogP contribution >= 0.6 is 24.0 Å². The first-order valence-electron chi connectivity index (χ1n) is 10.3. The summed E-state index contributed by atoms with van der Waals surface area (Å²) in [5.41, 5.74) is 0. The fourth-order valence-corrected chi connectivity index (χ4v) is 4.27. The third-order valence-electron chi connectivity index (χ3n) is 5.71. The molecule has 3 rings (SSSR count). The number of halogens is 1. The highest BCUT2D eigenvalue weighted by Gasteiger charge is 2.30. The molecule has 0 aromatic carbocycles. The first-order valence-corrected chi connectivity index (χ1v) is 10.3. The van der Waals surface area contributed by atoms with E-state index in [1.807, 2.05) is 7.05 Å². The summed E-state index contributed by atoms with van der Waals surface area (Å²) in [6.45, 7) is 5.71. The highest BCUT2D eigenvalue weighted by atomic mass is 127. The van der Waals surface area contributed by atoms with Crippen molar-refractivity contribution >= 4 is 29.9 Å². The normalized spacial score (nSPS) is 27.7. The minimum Gasteiger partial charge on any atom is -0.379 e. The van der Waals surface area contributed by atoms with E-state index in [2.05, 4.69) is 20.5 Å². The van der Waals surface area contributed by atoms with Crippen molar-refractivity contribution in [3.05, 3.63) is 0 Å². The lowest BCUT2D eigenvalue weighted by Gasteiger charge is -2.24. The minimum atomic E-state index is 0. The molecule has 2 heterocycles. The largest absolute Gasteiger partial charge is 0.379 e. The summed E-state index contributed by atoms with van der Waals surface area (Å²) in [4.78, 5) is 7.05. The third kappa shape index (κ3) is 7.13. The Hall–Kier alpha value is -0.120. The van der Waals surface area contributed by atoms with Gasteiger partial charge < -0.3 is 20.1 Å². The topological polar surface area (TPSA) is 58.1 Å². The van der Waals surface area contributed by atoms with Crippen molar-refractivity contribution in [2.24, 2.45) is 4.99 Å². The standard InChI is InChI=1S/C19H36N4O2.HI/c1-20-19(21-10-5-12-24-15-18-8-4-13-25-18)22-16-9-11-23(14-16)17-6-2-3-7-17;/h16-18H,2-15H2,1H3,(H2,20,21,22);1H. The summed E-state index contributed by atoms with van der Waals surface area (Å²) in [6, 6.07) is 1.37. The van der Waals surface area contributed by atoms with E-state index in [1.165, 1.54) is 45.1 Å². The van der Waals surface area contributed by atoms with Crippen molar-refractivity contribution in [1.82, 2.24) is 15.5 Å². The molecule has 2 N–H and O–H groups in total. The molecule has 152 valence electrons. The van der Waals surface area contributed by atoms with E-state index >= 15 is 0 Å². The van der Waals surface area contributed by atoms with Crippen molar-refractivity contribution in [2.45, 2.75) is 69.6 Å². The molecule has 0 aromatic heterocycles. The van der Waals surface area contributed by atoms with E-state index in [-0.39, 0.29) is 24.0 Å². The molecule has 1 aliphatic carbocycles. The summed E-state index contributed by atoms with van der Waals surface area (Å²) >= 11 is 0. The maximum atomic E-state index is 5.71. The van der Waals surface area contributed by atoms with Gasteiger partial charge in [-0.3, -0.25) is 9.89 Å². The average molecular weight is 480 g/mol. The van der Waals surface area contributed by atoms with Crippen molar-refractivity contribution in [2.75, 3.05) is 46.5 Å². The lowest BCUT2D eigenvalue weighted by molar-refractivity contribution is 0.0168. The Morgan fingerprint density at radius 2 is 2.04 bits per heavy atom. The van der Waals surface area contributed by atoms with E-state index in [0.29, 0.717) is 12.1 Å². The van der Waals surface area contributed by atoms with Crippen LogP contribution < -0.4 is 10.6 Å². The first-order chi connectivity index (χ1) is 12.3. The smallest absolute Gasteiger partial charge is 0.191 e. The molecule has 2 unspecified atom stereocenters. The Morgan fingerprint density at radius 3 is 2.77 bits per heavy atom. The van der Waals surface area contributed by atoms with Crippen LogP contribution in [0.4, 0.5) is 0 Å². The molecule has 26 heavy (non-hydrogen) atoms. The molecule has 0 aromatic rings. The Kier molecular flexibility index (Phi) is 10.5. The number of aliphatic imine (C=N–C) groups is 1. The molecule has 0 spiro atoms. The van der Waals surface area contributed by atoms with Crippen molar-refractivity contribution < 1.29 is 9.47 Å². The predicted molar refractivity (Wildman–Crippen MR) is 117 cm³/mol. The molecular weight excluding hydrogens is 443 g/mol. The van der Waals surface area contributed by atoms with Gasteiger partial charge in [-0.2, -0.15) is 0 Å². The molecule has 1 saturated carbocycles. The molecule has 2 aliphatic heterocycles. The number of ether oxygens (including phenoxy) is 2. The predicted octanol–water partition coefficient (Wildman–Crippen LogP) is 2.37. The second-order valence-corrected chi connectivity index (χ2v) is 7.63. The second-order valence-electron chi connectivity index (χ2n) is 7.63. The van der Waals surface area contributed by atoms with Crippen molar-refractivity contribution in [3.8, 4) is 0 Å². The summed E-state index contributed by atoms with van der Waals surface area (Å²) in [6.07, 6.45) is 10.5. The SMILES string of the molecule is CN=C(NCCCOCC1CCCO1)NC1CCN(C2CCCC2)C1.I. The quantitative estimate of drug-likeness (QED) is 0.242. The van der Waals surface area contributed by atoms with E-state index < -0.39 is 0 Å². The van der Waals surface area contributed by atoms with Crippen LogP contribution in [0.1, 0.15) is 51.4 Å². The van der Waals surface area contributed by atoms with Gasteiger partial charge in [0, 0.05) is 52.0 Å². The number of hydrogen-bond donors (Lipinski definition) is 2. The highest BCUT2D eigenvalue weighted by molar-refractivity contribution is 14.0. The van der Waals surface area contributed by atoms with Crippen molar-refractivity contribution in [1.29, 1.82) is 0 Å². The molecule has 0 radical (unpaired) electrons. The van der Waals surface area contributed by atoms with Gasteiger partial charge in [-0.15, -0.1) is 24.0 Å². The van der Waals surface area contributed by atoms with Crippen LogP contribution in [0.5, 0.6) is 0 Å². The van der Waals surface area contributed by atoms with Gasteiger partial charge in [0.2, 0.25) is 0 Å². The maximum Gasteiger partial charge on any atom is 0.191 e. The summed E-state index contributed by atoms with van der Waals surface area (Å²) < 4.78 is 11.3. The number of rotatable bonds is 8. The van der Waals surface area contributed by atoms with Crippen LogP contribution in [0.2, 0.25) is 0 Å². The summed E-state index contributed by atoms with van der Waals surface area (Å²) in [5.74, 6) is 0.928. The zero-order valence-electron chi connectivity index (χ0n) is 16.3. The molecule has 0 amide bonds. The van der Waals surface area contributed by atoms with Gasteiger partial charge in [0.1, 0.15) is 0 Å². The number of likely N-dealkylation sites (tertiary alicyclic amines) is 1. The molecule has 6 nitrogen and oxygen atoms in total. The second kappa shape index (κ2) is 12.4. The van der Waals surface area contributed by atoms with Gasteiger partial charge in [0.25, 0.3) is 0 Å². The zero-order valence-corrected chi connectivity index (χ0v) is 18.6. The van der Waals surface area contributed by atoms with Crippen molar-refractivity contribution in [3.63, 3.8) is 0 Å². The zero-order chi connectivity index (χ0) is 17.3. The molecule has 2 saturated heterocycles. The van der Waals surface area contributed by atoms with Gasteiger partial charge in [-0.05, 0) is 38.5 Å². The molecule has 3 fully saturated rings. The Bertz CT molecular complexity index is 412. The molecule has 7 heteroatoms. The van der Waals surface area contributed by atoms with Crippen LogP contribution in [0, 0.1) is 0 Å². The molecule has 3 aliphatic rings. The molecule has 2 atom stereocenters. The minimum absolute atomic E-state index is 0. The lowest BCUT2D eigenvalue weighted by Crippen LogP contribution is -2.45. The Morgan fingerprint density at radius 1 is 1.19 bits per heavy atom. The van der Waals surface area contributed by atoms with E-state index in [1.54, 1.807) is 0 Å². The van der Waals surface area contributed by atoms with Gasteiger partial charge in [0.05, 0.1) is 12.7 Å². The monoisotopic (exact) mass is 480 g/mol. The summed E-state index contributed by atoms with van der Waals surface area (Å²) in [5, 5.41) is 7.01. The number of guanidine groups is 1. The number of hydrogen-bond acceptors (Lipinski definition) is 4. The highest BCUT2D eigenvalue weighted by Crippen LogP contribution is 2.26. The van der Waals surface area contributed by atoms with Gasteiger partial charge in [0.15, 0.2) is 5.96 Å². The van der Waals surface area contributed by atoms with Crippen LogP contribution in [0.25, 0.3) is 0 Å². The van der Waals surface area contributed by atoms with Gasteiger partial charge >= 0.3 is 0 Å². The molecular formula is C19H37IN4O2. The maximum absolute atomic E-state index is 5.71. The number of nitrogens with zero attached hydrogens (tertiary/aromatic N) is 2. The van der Waals surface area contributed by atoms with Crippen LogP contribution in [-0.2, 0) is 9.47 Å². The van der Waals surface area contributed by atoms with E-state index in [4.69, 9.17) is 9.47 Å². The number of nitrogens with one attached hydrogen (secondary N) is 2. The lowest BCUT2D eigenvalue weighted by atomic mass is 10.2. The van der Waals surface area contributed by atoms with E-state index in [9.17, 15) is 0 Å². The fraction of sp³-hybridized carbons (Fsp3) is 0.947.